The molecule has 16 heavy (non-hydrogen) atoms. The van der Waals surface area contributed by atoms with Gasteiger partial charge in [0.05, 0.1) is 0 Å². The van der Waals surface area contributed by atoms with Crippen LogP contribution in [0.2, 0.25) is 0 Å². The summed E-state index contributed by atoms with van der Waals surface area (Å²) < 4.78 is 0. The van der Waals surface area contributed by atoms with E-state index >= 15 is 0 Å². The molecule has 1 aliphatic rings. The predicted octanol–water partition coefficient (Wildman–Crippen LogP) is 3.03. The van der Waals surface area contributed by atoms with E-state index in [9.17, 15) is 0 Å². The zero-order valence-corrected chi connectivity index (χ0v) is 11.5. The molecule has 2 nitrogen and oxygen atoms in total. The molecule has 0 aliphatic carbocycles. The summed E-state index contributed by atoms with van der Waals surface area (Å²) in [4.78, 5) is 2.68. The van der Waals surface area contributed by atoms with Crippen molar-refractivity contribution in [2.24, 2.45) is 0 Å². The van der Waals surface area contributed by atoms with E-state index < -0.39 is 0 Å². The molecular formula is C14H30N2. The molecule has 1 rings (SSSR count). The van der Waals surface area contributed by atoms with Gasteiger partial charge in [-0.1, -0.05) is 26.7 Å². The number of likely N-dealkylation sites (tertiary alicyclic amines) is 1. The van der Waals surface area contributed by atoms with E-state index in [-0.39, 0.29) is 0 Å². The van der Waals surface area contributed by atoms with Crippen LogP contribution in [0, 0.1) is 0 Å². The summed E-state index contributed by atoms with van der Waals surface area (Å²) in [6.45, 7) is 10.7. The Morgan fingerprint density at radius 2 is 2.00 bits per heavy atom. The summed E-state index contributed by atoms with van der Waals surface area (Å²) in [5, 5.41) is 3.66. The maximum Gasteiger partial charge on any atom is 0.00940 e. The van der Waals surface area contributed by atoms with Crippen LogP contribution >= 0.6 is 0 Å². The fourth-order valence-electron chi connectivity index (χ4n) is 2.65. The largest absolute Gasteiger partial charge is 0.314 e. The number of hydrogen-bond donors (Lipinski definition) is 1. The Labute approximate surface area is 102 Å². The standard InChI is InChI=1S/C14H30N2/c1-4-6-7-10-16-11-8-14(12-13(16)3)15-9-5-2/h13-15H,4-12H2,1-3H3. The van der Waals surface area contributed by atoms with Gasteiger partial charge in [0.25, 0.3) is 0 Å². The first kappa shape index (κ1) is 14.0. The molecule has 96 valence electrons. The van der Waals surface area contributed by atoms with Crippen molar-refractivity contribution in [2.75, 3.05) is 19.6 Å². The molecule has 0 aromatic rings. The monoisotopic (exact) mass is 226 g/mol. The van der Waals surface area contributed by atoms with Crippen LogP contribution in [0.15, 0.2) is 0 Å². The van der Waals surface area contributed by atoms with Crippen LogP contribution in [0.4, 0.5) is 0 Å². The molecule has 0 spiro atoms. The van der Waals surface area contributed by atoms with Crippen LogP contribution in [0.25, 0.3) is 0 Å². The number of nitrogens with zero attached hydrogens (tertiary/aromatic N) is 1. The molecule has 0 radical (unpaired) electrons. The van der Waals surface area contributed by atoms with Crippen LogP contribution < -0.4 is 5.32 Å². The van der Waals surface area contributed by atoms with Crippen LogP contribution in [-0.4, -0.2) is 36.6 Å². The van der Waals surface area contributed by atoms with Crippen molar-refractivity contribution in [1.29, 1.82) is 0 Å². The molecule has 1 N–H and O–H groups in total. The van der Waals surface area contributed by atoms with Gasteiger partial charge >= 0.3 is 0 Å². The summed E-state index contributed by atoms with van der Waals surface area (Å²) in [6, 6.07) is 1.55. The lowest BCUT2D eigenvalue weighted by atomic mass is 9.97. The molecule has 1 aliphatic heterocycles. The SMILES string of the molecule is CCCCCN1CCC(NCCC)CC1C. The van der Waals surface area contributed by atoms with E-state index in [2.05, 4.69) is 31.0 Å². The van der Waals surface area contributed by atoms with Gasteiger partial charge < -0.3 is 10.2 Å². The predicted molar refractivity (Wildman–Crippen MR) is 71.9 cm³/mol. The van der Waals surface area contributed by atoms with E-state index in [1.165, 1.54) is 58.2 Å². The van der Waals surface area contributed by atoms with E-state index in [0.29, 0.717) is 0 Å². The van der Waals surface area contributed by atoms with Gasteiger partial charge in [0, 0.05) is 12.1 Å². The van der Waals surface area contributed by atoms with Gasteiger partial charge in [-0.15, -0.1) is 0 Å². The minimum atomic E-state index is 0.775. The summed E-state index contributed by atoms with van der Waals surface area (Å²) in [7, 11) is 0. The molecule has 2 heteroatoms. The van der Waals surface area contributed by atoms with Crippen LogP contribution in [-0.2, 0) is 0 Å². The van der Waals surface area contributed by atoms with E-state index in [0.717, 1.165) is 12.1 Å². The molecule has 0 bridgehead atoms. The lowest BCUT2D eigenvalue weighted by Crippen LogP contribution is -2.47. The normalized spacial score (nSPS) is 27.2. The molecule has 0 aromatic carbocycles. The first-order valence-electron chi connectivity index (χ1n) is 7.25. The molecule has 1 saturated heterocycles. The first-order chi connectivity index (χ1) is 7.77. The maximum atomic E-state index is 3.66. The topological polar surface area (TPSA) is 15.3 Å². The van der Waals surface area contributed by atoms with E-state index in [1.807, 2.05) is 0 Å². The molecule has 2 unspecified atom stereocenters. The highest BCUT2D eigenvalue weighted by atomic mass is 15.2. The zero-order valence-electron chi connectivity index (χ0n) is 11.5. The quantitative estimate of drug-likeness (QED) is 0.671. The lowest BCUT2D eigenvalue weighted by molar-refractivity contribution is 0.134. The van der Waals surface area contributed by atoms with Crippen LogP contribution in [0.5, 0.6) is 0 Å². The van der Waals surface area contributed by atoms with Gasteiger partial charge in [0.2, 0.25) is 0 Å². The fraction of sp³-hybridized carbons (Fsp3) is 1.00. The van der Waals surface area contributed by atoms with Crippen molar-refractivity contribution >= 4 is 0 Å². The second-order valence-electron chi connectivity index (χ2n) is 5.27. The van der Waals surface area contributed by atoms with Gasteiger partial charge in [-0.05, 0) is 52.2 Å². The van der Waals surface area contributed by atoms with Gasteiger partial charge in [0.15, 0.2) is 0 Å². The van der Waals surface area contributed by atoms with Gasteiger partial charge in [-0.2, -0.15) is 0 Å². The fourth-order valence-corrected chi connectivity index (χ4v) is 2.65. The molecular weight excluding hydrogens is 196 g/mol. The Morgan fingerprint density at radius 1 is 1.19 bits per heavy atom. The average molecular weight is 226 g/mol. The van der Waals surface area contributed by atoms with Crippen molar-refractivity contribution in [1.82, 2.24) is 10.2 Å². The number of unbranched alkanes of at least 4 members (excludes halogenated alkanes) is 2. The van der Waals surface area contributed by atoms with Crippen molar-refractivity contribution < 1.29 is 0 Å². The summed E-state index contributed by atoms with van der Waals surface area (Å²) in [5.41, 5.74) is 0. The molecule has 1 heterocycles. The second-order valence-corrected chi connectivity index (χ2v) is 5.27. The average Bonchev–Trinajstić information content (AvgIpc) is 2.29. The first-order valence-corrected chi connectivity index (χ1v) is 7.25. The maximum absolute atomic E-state index is 3.66. The number of piperidine rings is 1. The molecule has 2 atom stereocenters. The molecule has 0 aromatic heterocycles. The third kappa shape index (κ3) is 4.84. The second kappa shape index (κ2) is 8.08. The zero-order chi connectivity index (χ0) is 11.8. The van der Waals surface area contributed by atoms with Crippen molar-refractivity contribution in [2.45, 2.75) is 71.4 Å². The van der Waals surface area contributed by atoms with Crippen molar-refractivity contribution in [3.8, 4) is 0 Å². The minimum absolute atomic E-state index is 0.775. The Balaban J connectivity index is 2.18. The van der Waals surface area contributed by atoms with Crippen LogP contribution in [0.3, 0.4) is 0 Å². The third-order valence-electron chi connectivity index (χ3n) is 3.75. The Kier molecular flexibility index (Phi) is 7.06. The highest BCUT2D eigenvalue weighted by Crippen LogP contribution is 2.18. The van der Waals surface area contributed by atoms with Gasteiger partial charge in [-0.25, -0.2) is 0 Å². The van der Waals surface area contributed by atoms with Crippen LogP contribution in [0.1, 0.15) is 59.3 Å². The van der Waals surface area contributed by atoms with Gasteiger partial charge in [-0.3, -0.25) is 0 Å². The van der Waals surface area contributed by atoms with E-state index in [1.54, 1.807) is 0 Å². The summed E-state index contributed by atoms with van der Waals surface area (Å²) >= 11 is 0. The summed E-state index contributed by atoms with van der Waals surface area (Å²) in [6.07, 6.45) is 8.05. The number of nitrogens with one attached hydrogen (secondary N) is 1. The molecule has 0 saturated carbocycles. The van der Waals surface area contributed by atoms with Crippen molar-refractivity contribution in [3.05, 3.63) is 0 Å². The minimum Gasteiger partial charge on any atom is -0.314 e. The summed E-state index contributed by atoms with van der Waals surface area (Å²) in [5.74, 6) is 0. The molecule has 1 fully saturated rings. The van der Waals surface area contributed by atoms with Gasteiger partial charge in [0.1, 0.15) is 0 Å². The smallest absolute Gasteiger partial charge is 0.00940 e. The lowest BCUT2D eigenvalue weighted by Gasteiger charge is -2.38. The highest BCUT2D eigenvalue weighted by molar-refractivity contribution is 4.82. The van der Waals surface area contributed by atoms with Crippen molar-refractivity contribution in [3.63, 3.8) is 0 Å². The molecule has 0 amide bonds. The Bertz CT molecular complexity index is 170. The number of hydrogen-bond acceptors (Lipinski definition) is 2. The Hall–Kier alpha value is -0.0800. The third-order valence-corrected chi connectivity index (χ3v) is 3.75. The number of rotatable bonds is 7. The highest BCUT2D eigenvalue weighted by Gasteiger charge is 2.24. The van der Waals surface area contributed by atoms with E-state index in [4.69, 9.17) is 0 Å². The Morgan fingerprint density at radius 3 is 2.62 bits per heavy atom.